The number of nitrogens with one attached hydrogen (secondary N) is 1. The van der Waals surface area contributed by atoms with Crippen molar-refractivity contribution < 1.29 is 13.7 Å². The van der Waals surface area contributed by atoms with Gasteiger partial charge in [0.05, 0.1) is 5.69 Å². The van der Waals surface area contributed by atoms with Crippen LogP contribution in [0.5, 0.6) is 0 Å². The topological polar surface area (TPSA) is 55.1 Å². The highest BCUT2D eigenvalue weighted by Gasteiger charge is 2.42. The molecule has 0 bridgehead atoms. The Balaban J connectivity index is 1.40. The van der Waals surface area contributed by atoms with E-state index in [9.17, 15) is 9.18 Å². The van der Waals surface area contributed by atoms with Gasteiger partial charge in [0.1, 0.15) is 5.82 Å². The van der Waals surface area contributed by atoms with Crippen molar-refractivity contribution in [3.63, 3.8) is 0 Å². The summed E-state index contributed by atoms with van der Waals surface area (Å²) in [6.07, 6.45) is 5.38. The average molecular weight is 314 g/mol. The van der Waals surface area contributed by atoms with Crippen LogP contribution >= 0.6 is 0 Å². The van der Waals surface area contributed by atoms with E-state index in [1.807, 2.05) is 0 Å². The second kappa shape index (κ2) is 5.80. The van der Waals surface area contributed by atoms with Crippen molar-refractivity contribution in [3.8, 4) is 0 Å². The summed E-state index contributed by atoms with van der Waals surface area (Å²) in [5, 5.41) is 7.07. The first-order valence-electron chi connectivity index (χ1n) is 8.20. The molecule has 4 nitrogen and oxygen atoms in total. The molecule has 5 heteroatoms. The van der Waals surface area contributed by atoms with Gasteiger partial charge in [0.2, 0.25) is 5.76 Å². The van der Waals surface area contributed by atoms with Crippen LogP contribution in [-0.4, -0.2) is 17.1 Å². The van der Waals surface area contributed by atoms with Gasteiger partial charge in [-0.15, -0.1) is 0 Å². The number of aromatic nitrogens is 1. The van der Waals surface area contributed by atoms with E-state index in [1.54, 1.807) is 18.2 Å². The summed E-state index contributed by atoms with van der Waals surface area (Å²) in [7, 11) is 0. The molecule has 1 N–H and O–H groups in total. The minimum absolute atomic E-state index is 0.174. The summed E-state index contributed by atoms with van der Waals surface area (Å²) in [4.78, 5) is 12.3. The van der Waals surface area contributed by atoms with Crippen molar-refractivity contribution in [2.24, 2.45) is 11.8 Å². The quantitative estimate of drug-likeness (QED) is 0.890. The SMILES string of the molecule is O=C(NC(C1CC1)C1CC1)c1cc(Cc2ccc(F)cc2)no1. The molecule has 0 unspecified atom stereocenters. The molecule has 4 rings (SSSR count). The van der Waals surface area contributed by atoms with E-state index in [0.29, 0.717) is 30.0 Å². The van der Waals surface area contributed by atoms with E-state index in [4.69, 9.17) is 4.52 Å². The summed E-state index contributed by atoms with van der Waals surface area (Å²) in [6, 6.07) is 8.22. The smallest absolute Gasteiger partial charge is 0.290 e. The lowest BCUT2D eigenvalue weighted by molar-refractivity contribution is 0.0888. The third-order valence-corrected chi connectivity index (χ3v) is 4.64. The molecule has 23 heavy (non-hydrogen) atoms. The molecule has 2 aliphatic rings. The second-order valence-corrected chi connectivity index (χ2v) is 6.66. The maximum Gasteiger partial charge on any atom is 0.290 e. The zero-order chi connectivity index (χ0) is 15.8. The van der Waals surface area contributed by atoms with Crippen molar-refractivity contribution in [1.29, 1.82) is 0 Å². The molecular formula is C18H19FN2O2. The third-order valence-electron chi connectivity index (χ3n) is 4.64. The number of hydrogen-bond donors (Lipinski definition) is 1. The van der Waals surface area contributed by atoms with Crippen molar-refractivity contribution in [1.82, 2.24) is 10.5 Å². The largest absolute Gasteiger partial charge is 0.351 e. The summed E-state index contributed by atoms with van der Waals surface area (Å²) in [5.74, 6) is 1.11. The Morgan fingerprint density at radius 2 is 1.87 bits per heavy atom. The van der Waals surface area contributed by atoms with Crippen LogP contribution in [0.1, 0.15) is 47.5 Å². The first-order chi connectivity index (χ1) is 11.2. The van der Waals surface area contributed by atoms with Gasteiger partial charge in [-0.05, 0) is 55.2 Å². The van der Waals surface area contributed by atoms with Gasteiger partial charge in [-0.2, -0.15) is 0 Å². The molecule has 0 aliphatic heterocycles. The Hall–Kier alpha value is -2.17. The monoisotopic (exact) mass is 314 g/mol. The molecule has 1 aromatic carbocycles. The molecule has 1 amide bonds. The van der Waals surface area contributed by atoms with E-state index in [0.717, 1.165) is 5.56 Å². The number of halogens is 1. The van der Waals surface area contributed by atoms with Gasteiger partial charge in [-0.25, -0.2) is 4.39 Å². The van der Waals surface area contributed by atoms with E-state index in [-0.39, 0.29) is 17.5 Å². The van der Waals surface area contributed by atoms with E-state index in [1.165, 1.54) is 37.8 Å². The standard InChI is InChI=1S/C18H19FN2O2/c19-14-7-1-11(2-8-14)9-15-10-16(23-21-15)18(22)20-17(12-3-4-12)13-5-6-13/h1-2,7-8,10,12-13,17H,3-6,9H2,(H,20,22). The molecule has 0 saturated heterocycles. The number of rotatable bonds is 6. The maximum absolute atomic E-state index is 12.9. The van der Waals surface area contributed by atoms with Crippen LogP contribution in [0.3, 0.4) is 0 Å². The first-order valence-corrected chi connectivity index (χ1v) is 8.20. The lowest BCUT2D eigenvalue weighted by Gasteiger charge is -2.16. The fraction of sp³-hybridized carbons (Fsp3) is 0.444. The highest BCUT2D eigenvalue weighted by molar-refractivity contribution is 5.91. The van der Waals surface area contributed by atoms with Crippen LogP contribution < -0.4 is 5.32 Å². The molecular weight excluding hydrogens is 295 g/mol. The lowest BCUT2D eigenvalue weighted by atomic mass is 10.1. The van der Waals surface area contributed by atoms with Gasteiger partial charge in [-0.1, -0.05) is 17.3 Å². The van der Waals surface area contributed by atoms with Crippen LogP contribution in [0.25, 0.3) is 0 Å². The molecule has 2 aromatic rings. The van der Waals surface area contributed by atoms with Gasteiger partial charge in [0.25, 0.3) is 5.91 Å². The Labute approximate surface area is 134 Å². The molecule has 1 aromatic heterocycles. The molecule has 0 atom stereocenters. The molecule has 2 fully saturated rings. The van der Waals surface area contributed by atoms with E-state index >= 15 is 0 Å². The van der Waals surface area contributed by atoms with E-state index < -0.39 is 0 Å². The number of carbonyl (C=O) groups excluding carboxylic acids is 1. The van der Waals surface area contributed by atoms with Gasteiger partial charge < -0.3 is 9.84 Å². The Morgan fingerprint density at radius 3 is 2.48 bits per heavy atom. The molecule has 0 radical (unpaired) electrons. The molecule has 1 heterocycles. The van der Waals surface area contributed by atoms with Gasteiger partial charge in [0, 0.05) is 18.5 Å². The zero-order valence-electron chi connectivity index (χ0n) is 12.8. The zero-order valence-corrected chi connectivity index (χ0v) is 12.8. The lowest BCUT2D eigenvalue weighted by Crippen LogP contribution is -2.37. The Kier molecular flexibility index (Phi) is 3.63. The molecule has 0 spiro atoms. The first kappa shape index (κ1) is 14.4. The maximum atomic E-state index is 12.9. The highest BCUT2D eigenvalue weighted by Crippen LogP contribution is 2.44. The normalized spacial score (nSPS) is 17.5. The predicted octanol–water partition coefficient (Wildman–Crippen LogP) is 3.32. The highest BCUT2D eigenvalue weighted by atomic mass is 19.1. The van der Waals surface area contributed by atoms with Crippen LogP contribution in [0, 0.1) is 17.7 Å². The fourth-order valence-electron chi connectivity index (χ4n) is 3.07. The van der Waals surface area contributed by atoms with Crippen molar-refractivity contribution in [3.05, 3.63) is 53.2 Å². The summed E-state index contributed by atoms with van der Waals surface area (Å²) in [6.45, 7) is 0. The predicted molar refractivity (Wildman–Crippen MR) is 82.4 cm³/mol. The van der Waals surface area contributed by atoms with Crippen LogP contribution in [0.15, 0.2) is 34.9 Å². The van der Waals surface area contributed by atoms with E-state index in [2.05, 4.69) is 10.5 Å². The number of amides is 1. The fourth-order valence-corrected chi connectivity index (χ4v) is 3.07. The minimum Gasteiger partial charge on any atom is -0.351 e. The van der Waals surface area contributed by atoms with Crippen LogP contribution in [-0.2, 0) is 6.42 Å². The number of hydrogen-bond acceptors (Lipinski definition) is 3. The molecule has 2 saturated carbocycles. The Morgan fingerprint density at radius 1 is 1.22 bits per heavy atom. The van der Waals surface area contributed by atoms with Crippen LogP contribution in [0.4, 0.5) is 4.39 Å². The van der Waals surface area contributed by atoms with Crippen molar-refractivity contribution in [2.75, 3.05) is 0 Å². The minimum atomic E-state index is -0.264. The van der Waals surface area contributed by atoms with Gasteiger partial charge in [0.15, 0.2) is 0 Å². The summed E-state index contributed by atoms with van der Waals surface area (Å²) >= 11 is 0. The van der Waals surface area contributed by atoms with Crippen LogP contribution in [0.2, 0.25) is 0 Å². The molecule has 2 aliphatic carbocycles. The number of carbonyl (C=O) groups is 1. The van der Waals surface area contributed by atoms with Gasteiger partial charge in [-0.3, -0.25) is 4.79 Å². The summed E-state index contributed by atoms with van der Waals surface area (Å²) < 4.78 is 18.1. The molecule has 120 valence electrons. The van der Waals surface area contributed by atoms with Crippen molar-refractivity contribution >= 4 is 5.91 Å². The number of benzene rings is 1. The summed E-state index contributed by atoms with van der Waals surface area (Å²) in [5.41, 5.74) is 1.61. The average Bonchev–Trinajstić information content (AvgIpc) is 3.46. The van der Waals surface area contributed by atoms with Gasteiger partial charge >= 0.3 is 0 Å². The van der Waals surface area contributed by atoms with Crippen molar-refractivity contribution in [2.45, 2.75) is 38.1 Å². The third kappa shape index (κ3) is 3.44. The second-order valence-electron chi connectivity index (χ2n) is 6.66. The Bertz CT molecular complexity index is 690. The number of nitrogens with zero attached hydrogens (tertiary/aromatic N) is 1.